The Labute approximate surface area is 172 Å². The Morgan fingerprint density at radius 2 is 1.86 bits per heavy atom. The summed E-state index contributed by atoms with van der Waals surface area (Å²) in [4.78, 5) is 12.6. The van der Waals surface area contributed by atoms with E-state index < -0.39 is 0 Å². The Hall–Kier alpha value is -2.64. The second-order valence-electron chi connectivity index (χ2n) is 8.26. The molecule has 1 saturated carbocycles. The third kappa shape index (κ3) is 4.36. The lowest BCUT2D eigenvalue weighted by atomic mass is 9.80. The van der Waals surface area contributed by atoms with Crippen molar-refractivity contribution in [3.8, 4) is 17.2 Å². The van der Waals surface area contributed by atoms with Gasteiger partial charge in [0, 0.05) is 18.7 Å². The highest BCUT2D eigenvalue weighted by Gasteiger charge is 2.35. The van der Waals surface area contributed by atoms with Crippen molar-refractivity contribution >= 4 is 5.91 Å². The first-order valence-corrected chi connectivity index (χ1v) is 10.7. The number of benzene rings is 2. The summed E-state index contributed by atoms with van der Waals surface area (Å²) in [5.74, 6) is -0.0629. The van der Waals surface area contributed by atoms with E-state index in [1.165, 1.54) is 6.42 Å². The van der Waals surface area contributed by atoms with Gasteiger partial charge in [0.15, 0.2) is 0 Å². The standard InChI is InChI=1S/C25H28N2O2/c26-18-25(13-2-3-14-25)22-11-9-19(10-12-22)20-6-5-7-21(16-20)24(28)27-17-23-8-1-4-15-29-23/h5-7,9-12,16,23H,1-4,8,13-15,17H2,(H,27,28)/t23-/m0/s1. The van der Waals surface area contributed by atoms with Crippen LogP contribution in [-0.2, 0) is 10.2 Å². The normalized spacial score (nSPS) is 20.7. The Morgan fingerprint density at radius 3 is 2.55 bits per heavy atom. The van der Waals surface area contributed by atoms with Crippen molar-refractivity contribution in [1.82, 2.24) is 5.32 Å². The van der Waals surface area contributed by atoms with Gasteiger partial charge in [0.05, 0.1) is 17.6 Å². The maximum atomic E-state index is 12.6. The van der Waals surface area contributed by atoms with Crippen molar-refractivity contribution < 1.29 is 9.53 Å². The topological polar surface area (TPSA) is 62.1 Å². The minimum atomic E-state index is -0.318. The van der Waals surface area contributed by atoms with E-state index in [0.29, 0.717) is 12.1 Å². The molecule has 0 radical (unpaired) electrons. The molecular formula is C25H28N2O2. The van der Waals surface area contributed by atoms with E-state index in [9.17, 15) is 10.1 Å². The van der Waals surface area contributed by atoms with Crippen molar-refractivity contribution in [3.05, 3.63) is 59.7 Å². The summed E-state index contributed by atoms with van der Waals surface area (Å²) in [6.45, 7) is 1.35. The van der Waals surface area contributed by atoms with E-state index in [1.807, 2.05) is 24.3 Å². The number of nitriles is 1. The highest BCUT2D eigenvalue weighted by molar-refractivity contribution is 5.95. The molecule has 2 aromatic rings. The highest BCUT2D eigenvalue weighted by atomic mass is 16.5. The van der Waals surface area contributed by atoms with Crippen LogP contribution in [0.4, 0.5) is 0 Å². The molecule has 4 heteroatoms. The van der Waals surface area contributed by atoms with Crippen LogP contribution in [-0.4, -0.2) is 25.2 Å². The van der Waals surface area contributed by atoms with Gasteiger partial charge in [-0.05, 0) is 60.9 Å². The monoisotopic (exact) mass is 388 g/mol. The molecule has 1 aliphatic heterocycles. The third-order valence-electron chi connectivity index (χ3n) is 6.33. The molecule has 2 aromatic carbocycles. The molecule has 1 heterocycles. The number of ether oxygens (including phenoxy) is 1. The van der Waals surface area contributed by atoms with E-state index in [-0.39, 0.29) is 17.4 Å². The van der Waals surface area contributed by atoms with Gasteiger partial charge >= 0.3 is 0 Å². The summed E-state index contributed by atoms with van der Waals surface area (Å²) in [5.41, 5.74) is 3.52. The molecule has 1 aliphatic carbocycles. The Kier molecular flexibility index (Phi) is 5.97. The van der Waals surface area contributed by atoms with E-state index in [2.05, 4.69) is 35.7 Å². The van der Waals surface area contributed by atoms with Gasteiger partial charge in [0.2, 0.25) is 0 Å². The van der Waals surface area contributed by atoms with Crippen molar-refractivity contribution in [2.75, 3.05) is 13.2 Å². The summed E-state index contributed by atoms with van der Waals surface area (Å²) in [6.07, 6.45) is 7.56. The van der Waals surface area contributed by atoms with Crippen molar-refractivity contribution in [2.45, 2.75) is 56.5 Å². The molecule has 2 aliphatic rings. The molecule has 1 saturated heterocycles. The average molecular weight is 389 g/mol. The average Bonchev–Trinajstić information content (AvgIpc) is 3.29. The molecule has 0 unspecified atom stereocenters. The summed E-state index contributed by atoms with van der Waals surface area (Å²) in [6, 6.07) is 18.6. The zero-order valence-corrected chi connectivity index (χ0v) is 16.8. The quantitative estimate of drug-likeness (QED) is 0.785. The smallest absolute Gasteiger partial charge is 0.251 e. The minimum absolute atomic E-state index is 0.0629. The molecule has 4 rings (SSSR count). The van der Waals surface area contributed by atoms with E-state index >= 15 is 0 Å². The summed E-state index contributed by atoms with van der Waals surface area (Å²) in [5, 5.41) is 12.7. The Morgan fingerprint density at radius 1 is 1.07 bits per heavy atom. The van der Waals surface area contributed by atoms with Crippen molar-refractivity contribution in [3.63, 3.8) is 0 Å². The molecule has 1 amide bonds. The summed E-state index contributed by atoms with van der Waals surface area (Å²) >= 11 is 0. The molecule has 4 nitrogen and oxygen atoms in total. The fraction of sp³-hybridized carbons (Fsp3) is 0.440. The van der Waals surface area contributed by atoms with Gasteiger partial charge in [0.1, 0.15) is 0 Å². The maximum absolute atomic E-state index is 12.6. The van der Waals surface area contributed by atoms with Crippen LogP contribution in [0.5, 0.6) is 0 Å². The first-order chi connectivity index (χ1) is 14.2. The van der Waals surface area contributed by atoms with Crippen LogP contribution in [0, 0.1) is 11.3 Å². The molecule has 1 N–H and O–H groups in total. The van der Waals surface area contributed by atoms with Gasteiger partial charge in [-0.2, -0.15) is 5.26 Å². The molecule has 0 aromatic heterocycles. The predicted molar refractivity (Wildman–Crippen MR) is 114 cm³/mol. The maximum Gasteiger partial charge on any atom is 0.251 e. The number of nitrogens with zero attached hydrogens (tertiary/aromatic N) is 1. The van der Waals surface area contributed by atoms with Gasteiger partial charge in [-0.3, -0.25) is 4.79 Å². The molecule has 29 heavy (non-hydrogen) atoms. The lowest BCUT2D eigenvalue weighted by molar-refractivity contribution is 0.0169. The van der Waals surface area contributed by atoms with Crippen molar-refractivity contribution in [1.29, 1.82) is 5.26 Å². The van der Waals surface area contributed by atoms with Crippen LogP contribution >= 0.6 is 0 Å². The lowest BCUT2D eigenvalue weighted by Crippen LogP contribution is -2.35. The second kappa shape index (κ2) is 8.80. The second-order valence-corrected chi connectivity index (χ2v) is 8.26. The van der Waals surface area contributed by atoms with Gasteiger partial charge in [-0.1, -0.05) is 49.2 Å². The van der Waals surface area contributed by atoms with Gasteiger partial charge < -0.3 is 10.1 Å². The SMILES string of the molecule is N#CC1(c2ccc(-c3cccc(C(=O)NC[C@@H]4CCCCO4)c3)cc2)CCCC1. The largest absolute Gasteiger partial charge is 0.376 e. The number of nitrogens with one attached hydrogen (secondary N) is 1. The zero-order chi connectivity index (χ0) is 20.1. The number of hydrogen-bond donors (Lipinski definition) is 1. The fourth-order valence-electron chi connectivity index (χ4n) is 4.54. The molecule has 150 valence electrons. The first-order valence-electron chi connectivity index (χ1n) is 10.7. The molecule has 1 atom stereocenters. The van der Waals surface area contributed by atoms with Crippen LogP contribution in [0.15, 0.2) is 48.5 Å². The van der Waals surface area contributed by atoms with E-state index in [0.717, 1.165) is 61.8 Å². The molecular weight excluding hydrogens is 360 g/mol. The zero-order valence-electron chi connectivity index (χ0n) is 16.8. The van der Waals surface area contributed by atoms with E-state index in [1.54, 1.807) is 0 Å². The van der Waals surface area contributed by atoms with Crippen LogP contribution in [0.2, 0.25) is 0 Å². The van der Waals surface area contributed by atoms with Crippen molar-refractivity contribution in [2.24, 2.45) is 0 Å². The van der Waals surface area contributed by atoms with Crippen LogP contribution < -0.4 is 5.32 Å². The van der Waals surface area contributed by atoms with Crippen LogP contribution in [0.1, 0.15) is 60.9 Å². The predicted octanol–water partition coefficient (Wildman–Crippen LogP) is 4.99. The van der Waals surface area contributed by atoms with Crippen LogP contribution in [0.25, 0.3) is 11.1 Å². The van der Waals surface area contributed by atoms with Gasteiger partial charge in [-0.25, -0.2) is 0 Å². The minimum Gasteiger partial charge on any atom is -0.376 e. The Balaban J connectivity index is 1.45. The Bertz CT molecular complexity index is 886. The number of hydrogen-bond acceptors (Lipinski definition) is 3. The molecule has 2 fully saturated rings. The number of amides is 1. The fourth-order valence-corrected chi connectivity index (χ4v) is 4.54. The van der Waals surface area contributed by atoms with Gasteiger partial charge in [0.25, 0.3) is 5.91 Å². The number of carbonyl (C=O) groups excluding carboxylic acids is 1. The molecule has 0 bridgehead atoms. The molecule has 0 spiro atoms. The number of rotatable bonds is 5. The summed E-state index contributed by atoms with van der Waals surface area (Å²) in [7, 11) is 0. The highest BCUT2D eigenvalue weighted by Crippen LogP contribution is 2.41. The van der Waals surface area contributed by atoms with Gasteiger partial charge in [-0.15, -0.1) is 0 Å². The lowest BCUT2D eigenvalue weighted by Gasteiger charge is -2.22. The van der Waals surface area contributed by atoms with Crippen LogP contribution in [0.3, 0.4) is 0 Å². The summed E-state index contributed by atoms with van der Waals surface area (Å²) < 4.78 is 5.69. The first kappa shape index (κ1) is 19.7. The van der Waals surface area contributed by atoms with E-state index in [4.69, 9.17) is 4.74 Å². The number of carbonyl (C=O) groups is 1. The third-order valence-corrected chi connectivity index (χ3v) is 6.33.